The fraction of sp³-hybridized carbons (Fsp3) is 0.105. The van der Waals surface area contributed by atoms with Crippen LogP contribution in [0.3, 0.4) is 0 Å². The number of nitrogens with zero attached hydrogens (tertiary/aromatic N) is 2. The second-order valence-electron chi connectivity index (χ2n) is 5.42. The minimum absolute atomic E-state index is 1.07. The van der Waals surface area contributed by atoms with Crippen molar-refractivity contribution in [1.29, 1.82) is 0 Å². The van der Waals surface area contributed by atoms with E-state index in [1.54, 1.807) is 0 Å². The van der Waals surface area contributed by atoms with Crippen molar-refractivity contribution in [2.24, 2.45) is 7.05 Å². The molecule has 0 atom stereocenters. The molecule has 0 aliphatic heterocycles. The van der Waals surface area contributed by atoms with Gasteiger partial charge in [-0.05, 0) is 18.6 Å². The molecule has 0 radical (unpaired) electrons. The minimum atomic E-state index is 1.07. The molecule has 0 N–H and O–H groups in total. The van der Waals surface area contributed by atoms with E-state index in [0.29, 0.717) is 0 Å². The molecule has 0 aliphatic rings. The van der Waals surface area contributed by atoms with Crippen LogP contribution in [0.4, 0.5) is 0 Å². The van der Waals surface area contributed by atoms with Gasteiger partial charge in [-0.1, -0.05) is 48.5 Å². The molecular formula is C19H16N2. The van der Waals surface area contributed by atoms with E-state index >= 15 is 0 Å². The summed E-state index contributed by atoms with van der Waals surface area (Å²) in [5.41, 5.74) is 5.97. The summed E-state index contributed by atoms with van der Waals surface area (Å²) < 4.78 is 2.23. The maximum atomic E-state index is 4.62. The lowest BCUT2D eigenvalue weighted by atomic mass is 9.99. The average molecular weight is 272 g/mol. The molecule has 2 heteroatoms. The number of aromatic nitrogens is 2. The first-order chi connectivity index (χ1) is 10.3. The lowest BCUT2D eigenvalue weighted by Gasteiger charge is -2.08. The van der Waals surface area contributed by atoms with Gasteiger partial charge in [0, 0.05) is 34.6 Å². The van der Waals surface area contributed by atoms with Gasteiger partial charge in [0.2, 0.25) is 0 Å². The van der Waals surface area contributed by atoms with Gasteiger partial charge < -0.3 is 4.57 Å². The lowest BCUT2D eigenvalue weighted by molar-refractivity contribution is 1.01. The van der Waals surface area contributed by atoms with Gasteiger partial charge in [0.1, 0.15) is 0 Å². The van der Waals surface area contributed by atoms with Crippen LogP contribution in [0.15, 0.2) is 60.8 Å². The van der Waals surface area contributed by atoms with Crippen LogP contribution in [0, 0.1) is 6.92 Å². The first kappa shape index (κ1) is 12.2. The summed E-state index contributed by atoms with van der Waals surface area (Å²) in [6.07, 6.45) is 1.98. The molecule has 0 spiro atoms. The Bertz CT molecular complexity index is 950. The van der Waals surface area contributed by atoms with Crippen LogP contribution in [0.25, 0.3) is 32.9 Å². The standard InChI is InChI=1S/C19H16N2/c1-13-18(14-8-4-3-5-9-14)19-15-10-6-7-11-16(15)21(2)17(19)12-20-13/h3-12H,1-2H3. The van der Waals surface area contributed by atoms with E-state index < -0.39 is 0 Å². The van der Waals surface area contributed by atoms with Crippen molar-refractivity contribution < 1.29 is 0 Å². The highest BCUT2D eigenvalue weighted by molar-refractivity contribution is 6.14. The van der Waals surface area contributed by atoms with Crippen molar-refractivity contribution in [1.82, 2.24) is 9.55 Å². The number of para-hydroxylation sites is 1. The van der Waals surface area contributed by atoms with Gasteiger partial charge in [0.05, 0.1) is 11.7 Å². The molecular weight excluding hydrogens is 256 g/mol. The van der Waals surface area contributed by atoms with Gasteiger partial charge in [0.15, 0.2) is 0 Å². The van der Waals surface area contributed by atoms with Crippen molar-refractivity contribution in [2.75, 3.05) is 0 Å². The molecule has 0 aliphatic carbocycles. The molecule has 0 saturated carbocycles. The summed E-state index contributed by atoms with van der Waals surface area (Å²) in [6, 6.07) is 19.1. The first-order valence-electron chi connectivity index (χ1n) is 7.15. The Labute approximate surface area is 123 Å². The van der Waals surface area contributed by atoms with Gasteiger partial charge in [-0.3, -0.25) is 4.98 Å². The summed E-state index contributed by atoms with van der Waals surface area (Å²) in [4.78, 5) is 4.62. The highest BCUT2D eigenvalue weighted by Gasteiger charge is 2.15. The molecule has 2 aromatic heterocycles. The predicted octanol–water partition coefficient (Wildman–Crippen LogP) is 4.70. The van der Waals surface area contributed by atoms with E-state index in [4.69, 9.17) is 0 Å². The van der Waals surface area contributed by atoms with E-state index in [-0.39, 0.29) is 0 Å². The quantitative estimate of drug-likeness (QED) is 0.491. The van der Waals surface area contributed by atoms with E-state index in [0.717, 1.165) is 5.69 Å². The van der Waals surface area contributed by atoms with Gasteiger partial charge >= 0.3 is 0 Å². The van der Waals surface area contributed by atoms with Gasteiger partial charge in [-0.15, -0.1) is 0 Å². The largest absolute Gasteiger partial charge is 0.342 e. The summed E-state index contributed by atoms with van der Waals surface area (Å²) in [6.45, 7) is 2.09. The molecule has 2 heterocycles. The highest BCUT2D eigenvalue weighted by atomic mass is 14.9. The first-order valence-corrected chi connectivity index (χ1v) is 7.15. The van der Waals surface area contributed by atoms with Crippen molar-refractivity contribution in [2.45, 2.75) is 6.92 Å². The Balaban J connectivity index is 2.25. The number of hydrogen-bond donors (Lipinski definition) is 0. The molecule has 0 fully saturated rings. The Kier molecular flexibility index (Phi) is 2.58. The molecule has 0 unspecified atom stereocenters. The summed E-state index contributed by atoms with van der Waals surface area (Å²) >= 11 is 0. The number of benzene rings is 2. The molecule has 0 bridgehead atoms. The smallest absolute Gasteiger partial charge is 0.0681 e. The van der Waals surface area contributed by atoms with Crippen LogP contribution in [-0.2, 0) is 7.05 Å². The second-order valence-corrected chi connectivity index (χ2v) is 5.42. The van der Waals surface area contributed by atoms with E-state index in [1.807, 2.05) is 6.20 Å². The predicted molar refractivity (Wildman–Crippen MR) is 88.4 cm³/mol. The Morgan fingerprint density at radius 1 is 0.857 bits per heavy atom. The molecule has 0 amide bonds. The van der Waals surface area contributed by atoms with Crippen molar-refractivity contribution >= 4 is 21.8 Å². The summed E-state index contributed by atoms with van der Waals surface area (Å²) in [5, 5.41) is 2.59. The molecule has 4 aromatic rings. The average Bonchev–Trinajstić information content (AvgIpc) is 2.82. The Hall–Kier alpha value is -2.61. The van der Waals surface area contributed by atoms with E-state index in [2.05, 4.69) is 78.1 Å². The molecule has 2 nitrogen and oxygen atoms in total. The normalized spacial score (nSPS) is 11.3. The van der Waals surface area contributed by atoms with Crippen LogP contribution in [-0.4, -0.2) is 9.55 Å². The minimum Gasteiger partial charge on any atom is -0.342 e. The number of fused-ring (bicyclic) bond motifs is 3. The van der Waals surface area contributed by atoms with Crippen molar-refractivity contribution in [3.8, 4) is 11.1 Å². The zero-order valence-corrected chi connectivity index (χ0v) is 12.2. The Morgan fingerprint density at radius 2 is 1.57 bits per heavy atom. The molecule has 4 rings (SSSR count). The summed E-state index contributed by atoms with van der Waals surface area (Å²) in [5.74, 6) is 0. The van der Waals surface area contributed by atoms with Crippen LogP contribution < -0.4 is 0 Å². The third-order valence-electron chi connectivity index (χ3n) is 4.21. The topological polar surface area (TPSA) is 17.8 Å². The molecule has 2 aromatic carbocycles. The molecule has 21 heavy (non-hydrogen) atoms. The van der Waals surface area contributed by atoms with Crippen LogP contribution in [0.2, 0.25) is 0 Å². The number of pyridine rings is 1. The third-order valence-corrected chi connectivity index (χ3v) is 4.21. The van der Waals surface area contributed by atoms with Crippen LogP contribution >= 0.6 is 0 Å². The van der Waals surface area contributed by atoms with Gasteiger partial charge in [-0.25, -0.2) is 0 Å². The van der Waals surface area contributed by atoms with Crippen LogP contribution in [0.1, 0.15) is 5.69 Å². The third kappa shape index (κ3) is 1.69. The second kappa shape index (κ2) is 4.45. The summed E-state index contributed by atoms with van der Waals surface area (Å²) in [7, 11) is 2.11. The van der Waals surface area contributed by atoms with Crippen LogP contribution in [0.5, 0.6) is 0 Å². The van der Waals surface area contributed by atoms with E-state index in [9.17, 15) is 0 Å². The number of hydrogen-bond acceptors (Lipinski definition) is 1. The van der Waals surface area contributed by atoms with E-state index in [1.165, 1.54) is 32.9 Å². The SMILES string of the molecule is Cc1ncc2c(c1-c1ccccc1)c1ccccc1n2C. The van der Waals surface area contributed by atoms with Crippen molar-refractivity contribution in [3.63, 3.8) is 0 Å². The molecule has 0 saturated heterocycles. The fourth-order valence-corrected chi connectivity index (χ4v) is 3.19. The highest BCUT2D eigenvalue weighted by Crippen LogP contribution is 2.36. The Morgan fingerprint density at radius 3 is 2.38 bits per heavy atom. The monoisotopic (exact) mass is 272 g/mol. The van der Waals surface area contributed by atoms with Crippen molar-refractivity contribution in [3.05, 3.63) is 66.5 Å². The maximum absolute atomic E-state index is 4.62. The molecule has 102 valence electrons. The fourth-order valence-electron chi connectivity index (χ4n) is 3.19. The number of rotatable bonds is 1. The zero-order chi connectivity index (χ0) is 14.4. The lowest BCUT2D eigenvalue weighted by Crippen LogP contribution is -1.91. The maximum Gasteiger partial charge on any atom is 0.0681 e. The van der Waals surface area contributed by atoms with Gasteiger partial charge in [0.25, 0.3) is 0 Å². The van der Waals surface area contributed by atoms with Gasteiger partial charge in [-0.2, -0.15) is 0 Å². The zero-order valence-electron chi connectivity index (χ0n) is 12.2. The number of aryl methyl sites for hydroxylation is 2.